The Morgan fingerprint density at radius 3 is 2.40 bits per heavy atom. The maximum Gasteiger partial charge on any atom is 0.242 e. The highest BCUT2D eigenvalue weighted by molar-refractivity contribution is 9.10. The van der Waals surface area contributed by atoms with Crippen LogP contribution < -0.4 is 10.0 Å². The lowest BCUT2D eigenvalue weighted by molar-refractivity contribution is 0.581. The van der Waals surface area contributed by atoms with Gasteiger partial charge in [0.1, 0.15) is 4.90 Å². The Bertz CT molecular complexity index is 702. The lowest BCUT2D eigenvalue weighted by Gasteiger charge is -2.11. The number of hydrogen-bond donors (Lipinski definition) is 2. The van der Waals surface area contributed by atoms with Crippen molar-refractivity contribution in [3.63, 3.8) is 0 Å². The molecule has 0 saturated heterocycles. The maximum atomic E-state index is 12.3. The van der Waals surface area contributed by atoms with E-state index in [0.29, 0.717) is 5.69 Å². The summed E-state index contributed by atoms with van der Waals surface area (Å²) in [4.78, 5) is 0.245. The topological polar surface area (TPSA) is 58.2 Å². The Morgan fingerprint density at radius 2 is 1.70 bits per heavy atom. The van der Waals surface area contributed by atoms with Crippen LogP contribution in [0.15, 0.2) is 57.9 Å². The van der Waals surface area contributed by atoms with Gasteiger partial charge in [0.2, 0.25) is 10.0 Å². The number of sulfonamides is 1. The molecule has 2 rings (SSSR count). The van der Waals surface area contributed by atoms with Gasteiger partial charge in [0.05, 0.1) is 5.69 Å². The molecular weight excluding hydrogens is 340 g/mol. The summed E-state index contributed by atoms with van der Waals surface area (Å²) in [6.45, 7) is 0.238. The summed E-state index contributed by atoms with van der Waals surface area (Å²) in [6.07, 6.45) is 0. The fraction of sp³-hybridized carbons (Fsp3) is 0.143. The normalized spacial score (nSPS) is 11.3. The van der Waals surface area contributed by atoms with Crippen LogP contribution in [0.1, 0.15) is 5.56 Å². The summed E-state index contributed by atoms with van der Waals surface area (Å²) in [5.74, 6) is 0. The highest BCUT2D eigenvalue weighted by Crippen LogP contribution is 2.21. The second kappa shape index (κ2) is 6.39. The van der Waals surface area contributed by atoms with E-state index in [1.165, 1.54) is 0 Å². The van der Waals surface area contributed by atoms with Crippen molar-refractivity contribution in [1.82, 2.24) is 4.72 Å². The highest BCUT2D eigenvalue weighted by atomic mass is 79.9. The average molecular weight is 355 g/mol. The molecule has 4 nitrogen and oxygen atoms in total. The minimum Gasteiger partial charge on any atom is -0.387 e. The monoisotopic (exact) mass is 354 g/mol. The zero-order valence-corrected chi connectivity index (χ0v) is 13.3. The Hall–Kier alpha value is -1.37. The molecule has 20 heavy (non-hydrogen) atoms. The van der Waals surface area contributed by atoms with Gasteiger partial charge in [-0.15, -0.1) is 0 Å². The molecular formula is C14H15BrN2O2S. The van der Waals surface area contributed by atoms with Gasteiger partial charge >= 0.3 is 0 Å². The van der Waals surface area contributed by atoms with Crippen molar-refractivity contribution in [3.8, 4) is 0 Å². The van der Waals surface area contributed by atoms with E-state index in [1.807, 2.05) is 24.3 Å². The highest BCUT2D eigenvalue weighted by Gasteiger charge is 2.17. The third-order valence-electron chi connectivity index (χ3n) is 2.86. The molecule has 0 aliphatic carbocycles. The van der Waals surface area contributed by atoms with E-state index in [0.717, 1.165) is 10.0 Å². The third kappa shape index (κ3) is 3.39. The first-order valence-electron chi connectivity index (χ1n) is 6.04. The predicted octanol–water partition coefficient (Wildman–Crippen LogP) is 2.97. The van der Waals surface area contributed by atoms with Crippen LogP contribution in [0, 0.1) is 0 Å². The summed E-state index contributed by atoms with van der Waals surface area (Å²) >= 11 is 3.40. The average Bonchev–Trinajstić information content (AvgIpc) is 2.46. The van der Waals surface area contributed by atoms with Gasteiger partial charge in [0, 0.05) is 18.1 Å². The van der Waals surface area contributed by atoms with Gasteiger partial charge in [-0.25, -0.2) is 13.1 Å². The molecule has 0 heterocycles. The zero-order chi connectivity index (χ0) is 14.6. The Kier molecular flexibility index (Phi) is 4.80. The number of anilines is 1. The van der Waals surface area contributed by atoms with Crippen LogP contribution in [-0.4, -0.2) is 15.5 Å². The summed E-state index contributed by atoms with van der Waals surface area (Å²) in [5, 5.41) is 2.88. The molecule has 2 aromatic rings. The van der Waals surface area contributed by atoms with E-state index < -0.39 is 10.0 Å². The van der Waals surface area contributed by atoms with Gasteiger partial charge in [-0.05, 0) is 23.8 Å². The van der Waals surface area contributed by atoms with Crippen molar-refractivity contribution < 1.29 is 8.42 Å². The molecule has 0 unspecified atom stereocenters. The summed E-state index contributed by atoms with van der Waals surface area (Å²) in [5.41, 5.74) is 1.46. The molecule has 2 N–H and O–H groups in total. The summed E-state index contributed by atoms with van der Waals surface area (Å²) < 4.78 is 28.1. The first-order valence-corrected chi connectivity index (χ1v) is 8.32. The van der Waals surface area contributed by atoms with Gasteiger partial charge in [0.15, 0.2) is 0 Å². The second-order valence-electron chi connectivity index (χ2n) is 4.16. The predicted molar refractivity (Wildman–Crippen MR) is 84.2 cm³/mol. The van der Waals surface area contributed by atoms with Crippen LogP contribution in [0.2, 0.25) is 0 Å². The first kappa shape index (κ1) is 15.0. The molecule has 0 aliphatic rings. The number of halogens is 1. The van der Waals surface area contributed by atoms with Gasteiger partial charge in [-0.3, -0.25) is 0 Å². The minimum absolute atomic E-state index is 0.238. The molecule has 0 amide bonds. The number of hydrogen-bond acceptors (Lipinski definition) is 3. The SMILES string of the molecule is CNc1ccccc1S(=O)(=O)NCc1ccccc1Br. The lowest BCUT2D eigenvalue weighted by Crippen LogP contribution is -2.24. The Morgan fingerprint density at radius 1 is 1.05 bits per heavy atom. The van der Waals surface area contributed by atoms with E-state index in [4.69, 9.17) is 0 Å². The van der Waals surface area contributed by atoms with Crippen molar-refractivity contribution in [3.05, 3.63) is 58.6 Å². The van der Waals surface area contributed by atoms with Gasteiger partial charge < -0.3 is 5.32 Å². The smallest absolute Gasteiger partial charge is 0.242 e. The molecule has 0 fully saturated rings. The molecule has 2 aromatic carbocycles. The van der Waals surface area contributed by atoms with Gasteiger partial charge in [0.25, 0.3) is 0 Å². The van der Waals surface area contributed by atoms with Crippen molar-refractivity contribution in [2.45, 2.75) is 11.4 Å². The van der Waals surface area contributed by atoms with E-state index in [1.54, 1.807) is 31.3 Å². The number of benzene rings is 2. The second-order valence-corrected chi connectivity index (χ2v) is 6.75. The molecule has 0 bridgehead atoms. The largest absolute Gasteiger partial charge is 0.387 e. The van der Waals surface area contributed by atoms with Crippen LogP contribution in [0.25, 0.3) is 0 Å². The van der Waals surface area contributed by atoms with Crippen molar-refractivity contribution >= 4 is 31.6 Å². The standard InChI is InChI=1S/C14H15BrN2O2S/c1-16-13-8-4-5-9-14(13)20(18,19)17-10-11-6-2-3-7-12(11)15/h2-9,16-17H,10H2,1H3. The fourth-order valence-corrected chi connectivity index (χ4v) is 3.44. The lowest BCUT2D eigenvalue weighted by atomic mass is 10.2. The van der Waals surface area contributed by atoms with E-state index in [9.17, 15) is 8.42 Å². The number of para-hydroxylation sites is 1. The zero-order valence-electron chi connectivity index (χ0n) is 10.9. The Labute approximate surface area is 127 Å². The summed E-state index contributed by atoms with van der Waals surface area (Å²) in [7, 11) is -1.85. The maximum absolute atomic E-state index is 12.3. The van der Waals surface area contributed by atoms with Crippen molar-refractivity contribution in [2.75, 3.05) is 12.4 Å². The molecule has 0 atom stereocenters. The molecule has 0 aliphatic heterocycles. The van der Waals surface area contributed by atoms with Crippen LogP contribution in [0.3, 0.4) is 0 Å². The quantitative estimate of drug-likeness (QED) is 0.867. The number of nitrogens with one attached hydrogen (secondary N) is 2. The van der Waals surface area contributed by atoms with Crippen LogP contribution in [0.4, 0.5) is 5.69 Å². The van der Waals surface area contributed by atoms with Gasteiger partial charge in [-0.1, -0.05) is 46.3 Å². The Balaban J connectivity index is 2.22. The van der Waals surface area contributed by atoms with Crippen molar-refractivity contribution in [2.24, 2.45) is 0 Å². The van der Waals surface area contributed by atoms with E-state index in [-0.39, 0.29) is 11.4 Å². The minimum atomic E-state index is -3.55. The molecule has 6 heteroatoms. The van der Waals surface area contributed by atoms with E-state index in [2.05, 4.69) is 26.0 Å². The fourth-order valence-electron chi connectivity index (χ4n) is 1.80. The first-order chi connectivity index (χ1) is 9.54. The summed E-state index contributed by atoms with van der Waals surface area (Å²) in [6, 6.07) is 14.3. The molecule has 0 aromatic heterocycles. The molecule has 0 radical (unpaired) electrons. The molecule has 106 valence electrons. The van der Waals surface area contributed by atoms with Crippen LogP contribution in [-0.2, 0) is 16.6 Å². The number of rotatable bonds is 5. The van der Waals surface area contributed by atoms with Crippen molar-refractivity contribution in [1.29, 1.82) is 0 Å². The molecule has 0 spiro atoms. The van der Waals surface area contributed by atoms with Crippen LogP contribution >= 0.6 is 15.9 Å². The third-order valence-corrected chi connectivity index (χ3v) is 5.09. The molecule has 0 saturated carbocycles. The van der Waals surface area contributed by atoms with E-state index >= 15 is 0 Å². The van der Waals surface area contributed by atoms with Crippen LogP contribution in [0.5, 0.6) is 0 Å². The van der Waals surface area contributed by atoms with Gasteiger partial charge in [-0.2, -0.15) is 0 Å².